The van der Waals surface area contributed by atoms with Crippen molar-refractivity contribution in [1.29, 1.82) is 0 Å². The molecule has 0 bridgehead atoms. The molecule has 0 spiro atoms. The molecule has 1 N–H and O–H groups in total. The minimum Gasteiger partial charge on any atom is -0.380 e. The average Bonchev–Trinajstić information content (AvgIpc) is 2.93. The van der Waals surface area contributed by atoms with Crippen LogP contribution in [-0.4, -0.2) is 12.1 Å². The Morgan fingerprint density at radius 2 is 1.90 bits per heavy atom. The zero-order valence-electron chi connectivity index (χ0n) is 12.2. The minimum absolute atomic E-state index is 0.167. The highest BCUT2D eigenvalue weighted by Crippen LogP contribution is 2.29. The summed E-state index contributed by atoms with van der Waals surface area (Å²) >= 11 is 1.74. The first-order valence-electron chi connectivity index (χ1n) is 6.97. The van der Waals surface area contributed by atoms with E-state index < -0.39 is 0 Å². The van der Waals surface area contributed by atoms with Gasteiger partial charge in [-0.25, -0.2) is 4.98 Å². The fourth-order valence-electron chi connectivity index (χ4n) is 2.31. The van der Waals surface area contributed by atoms with Gasteiger partial charge in [-0.2, -0.15) is 0 Å². The lowest BCUT2D eigenvalue weighted by atomic mass is 10.1. The van der Waals surface area contributed by atoms with Crippen LogP contribution in [0.25, 0.3) is 10.2 Å². The molecule has 1 heterocycles. The zero-order chi connectivity index (χ0) is 14.7. The number of hydrogen-bond donors (Lipinski definition) is 1. The number of thiazole rings is 1. The number of aromatic nitrogens is 1. The van der Waals surface area contributed by atoms with Gasteiger partial charge in [0.05, 0.1) is 22.9 Å². The van der Waals surface area contributed by atoms with Gasteiger partial charge in [-0.15, -0.1) is 11.3 Å². The number of nitrogens with one attached hydrogen (secondary N) is 1. The highest BCUT2D eigenvalue weighted by atomic mass is 32.1. The van der Waals surface area contributed by atoms with Gasteiger partial charge in [0.2, 0.25) is 0 Å². The van der Waals surface area contributed by atoms with Crippen molar-refractivity contribution in [3.63, 3.8) is 0 Å². The minimum atomic E-state index is 0.167. The van der Waals surface area contributed by atoms with Crippen LogP contribution >= 0.6 is 11.3 Å². The predicted molar refractivity (Wildman–Crippen MR) is 88.8 cm³/mol. The first-order valence-corrected chi connectivity index (χ1v) is 7.78. The number of benzene rings is 2. The predicted octanol–water partition coefficient (Wildman–Crippen LogP) is 4.62. The summed E-state index contributed by atoms with van der Waals surface area (Å²) in [6.45, 7) is 2.75. The molecule has 0 saturated heterocycles. The van der Waals surface area contributed by atoms with E-state index in [1.165, 1.54) is 4.70 Å². The van der Waals surface area contributed by atoms with Crippen LogP contribution in [0.2, 0.25) is 0 Å². The Labute approximate surface area is 128 Å². The molecule has 21 heavy (non-hydrogen) atoms. The summed E-state index contributed by atoms with van der Waals surface area (Å²) in [5.41, 5.74) is 3.33. The number of methoxy groups -OCH3 is 1. The largest absolute Gasteiger partial charge is 0.380 e. The topological polar surface area (TPSA) is 34.1 Å². The first-order chi connectivity index (χ1) is 10.3. The molecule has 0 amide bonds. The molecule has 3 nitrogen and oxygen atoms in total. The van der Waals surface area contributed by atoms with Gasteiger partial charge in [0.15, 0.2) is 0 Å². The van der Waals surface area contributed by atoms with Gasteiger partial charge in [-0.3, -0.25) is 0 Å². The number of rotatable bonds is 5. The van der Waals surface area contributed by atoms with Crippen molar-refractivity contribution in [2.24, 2.45) is 0 Å². The third-order valence-corrected chi connectivity index (χ3v) is 4.59. The summed E-state index contributed by atoms with van der Waals surface area (Å²) < 4.78 is 6.48. The van der Waals surface area contributed by atoms with Crippen molar-refractivity contribution in [3.05, 3.63) is 59.1 Å². The maximum Gasteiger partial charge on any atom is 0.116 e. The molecular weight excluding hydrogens is 280 g/mol. The summed E-state index contributed by atoms with van der Waals surface area (Å²) in [7, 11) is 1.72. The van der Waals surface area contributed by atoms with E-state index in [1.807, 2.05) is 18.2 Å². The molecule has 0 aliphatic heterocycles. The Kier molecular flexibility index (Phi) is 4.18. The van der Waals surface area contributed by atoms with Gasteiger partial charge >= 0.3 is 0 Å². The standard InChI is InChI=1S/C17H18N2OS/c1-12(17-19-15-9-5-6-10-16(15)21-17)18-14-8-4-3-7-13(14)11-20-2/h3-10,12,18H,11H2,1-2H3. The Morgan fingerprint density at radius 1 is 1.14 bits per heavy atom. The van der Waals surface area contributed by atoms with Gasteiger partial charge in [-0.05, 0) is 25.1 Å². The Hall–Kier alpha value is -1.91. The van der Waals surface area contributed by atoms with E-state index in [2.05, 4.69) is 42.6 Å². The Balaban J connectivity index is 1.84. The van der Waals surface area contributed by atoms with E-state index >= 15 is 0 Å². The molecule has 0 aliphatic carbocycles. The summed E-state index contributed by atoms with van der Waals surface area (Å²) in [6, 6.07) is 16.6. The molecule has 0 aliphatic rings. The number of fused-ring (bicyclic) bond motifs is 1. The first kappa shape index (κ1) is 14.0. The van der Waals surface area contributed by atoms with Gasteiger partial charge in [0.25, 0.3) is 0 Å². The molecule has 108 valence electrons. The second kappa shape index (κ2) is 6.24. The van der Waals surface area contributed by atoms with Crippen molar-refractivity contribution in [2.75, 3.05) is 12.4 Å². The normalized spacial score (nSPS) is 12.5. The molecule has 3 aromatic rings. The average molecular weight is 298 g/mol. The fourth-order valence-corrected chi connectivity index (χ4v) is 3.28. The smallest absolute Gasteiger partial charge is 0.116 e. The summed E-state index contributed by atoms with van der Waals surface area (Å²) in [5, 5.41) is 4.64. The Bertz CT molecular complexity index is 705. The molecule has 0 fully saturated rings. The molecule has 0 radical (unpaired) electrons. The van der Waals surface area contributed by atoms with Crippen LogP contribution in [0.5, 0.6) is 0 Å². The van der Waals surface area contributed by atoms with Crippen LogP contribution in [0.1, 0.15) is 23.5 Å². The van der Waals surface area contributed by atoms with E-state index in [9.17, 15) is 0 Å². The molecule has 2 aromatic carbocycles. The van der Waals surface area contributed by atoms with Gasteiger partial charge in [-0.1, -0.05) is 30.3 Å². The quantitative estimate of drug-likeness (QED) is 0.746. The molecule has 1 unspecified atom stereocenters. The van der Waals surface area contributed by atoms with Crippen molar-refractivity contribution in [2.45, 2.75) is 19.6 Å². The fraction of sp³-hybridized carbons (Fsp3) is 0.235. The third-order valence-electron chi connectivity index (χ3n) is 3.37. The molecular formula is C17H18N2OS. The molecule has 1 atom stereocenters. The van der Waals surface area contributed by atoms with Crippen molar-refractivity contribution in [1.82, 2.24) is 4.98 Å². The van der Waals surface area contributed by atoms with Crippen LogP contribution in [0, 0.1) is 0 Å². The highest BCUT2D eigenvalue weighted by molar-refractivity contribution is 7.18. The number of nitrogens with zero attached hydrogens (tertiary/aromatic N) is 1. The van der Waals surface area contributed by atoms with Crippen LogP contribution in [0.15, 0.2) is 48.5 Å². The zero-order valence-corrected chi connectivity index (χ0v) is 13.0. The van der Waals surface area contributed by atoms with Gasteiger partial charge in [0, 0.05) is 18.4 Å². The monoisotopic (exact) mass is 298 g/mol. The number of anilines is 1. The van der Waals surface area contributed by atoms with Crippen LogP contribution in [-0.2, 0) is 11.3 Å². The van der Waals surface area contributed by atoms with Gasteiger partial charge < -0.3 is 10.1 Å². The number of para-hydroxylation sites is 2. The maximum atomic E-state index is 5.25. The second-order valence-electron chi connectivity index (χ2n) is 4.98. The molecule has 1 aromatic heterocycles. The number of hydrogen-bond acceptors (Lipinski definition) is 4. The van der Waals surface area contributed by atoms with Crippen LogP contribution in [0.3, 0.4) is 0 Å². The van der Waals surface area contributed by atoms with Crippen LogP contribution < -0.4 is 5.32 Å². The lowest BCUT2D eigenvalue weighted by Crippen LogP contribution is -2.08. The van der Waals surface area contributed by atoms with E-state index in [0.29, 0.717) is 6.61 Å². The highest BCUT2D eigenvalue weighted by Gasteiger charge is 2.12. The van der Waals surface area contributed by atoms with Crippen molar-refractivity contribution < 1.29 is 4.74 Å². The maximum absolute atomic E-state index is 5.25. The number of ether oxygens (including phenoxy) is 1. The summed E-state index contributed by atoms with van der Waals surface area (Å²) in [5.74, 6) is 0. The van der Waals surface area contributed by atoms with Gasteiger partial charge in [0.1, 0.15) is 5.01 Å². The Morgan fingerprint density at radius 3 is 2.71 bits per heavy atom. The third kappa shape index (κ3) is 3.06. The molecule has 4 heteroatoms. The lowest BCUT2D eigenvalue weighted by molar-refractivity contribution is 0.185. The SMILES string of the molecule is COCc1ccccc1NC(C)c1nc2ccccc2s1. The van der Waals surface area contributed by atoms with E-state index in [0.717, 1.165) is 21.8 Å². The molecule has 3 rings (SSSR count). The van der Waals surface area contributed by atoms with E-state index in [1.54, 1.807) is 18.4 Å². The van der Waals surface area contributed by atoms with E-state index in [4.69, 9.17) is 9.72 Å². The van der Waals surface area contributed by atoms with E-state index in [-0.39, 0.29) is 6.04 Å². The van der Waals surface area contributed by atoms with Crippen molar-refractivity contribution >= 4 is 27.2 Å². The lowest BCUT2D eigenvalue weighted by Gasteiger charge is -2.16. The van der Waals surface area contributed by atoms with Crippen molar-refractivity contribution in [3.8, 4) is 0 Å². The second-order valence-corrected chi connectivity index (χ2v) is 6.04. The molecule has 0 saturated carbocycles. The summed E-state index contributed by atoms with van der Waals surface area (Å²) in [6.07, 6.45) is 0. The summed E-state index contributed by atoms with van der Waals surface area (Å²) in [4.78, 5) is 4.71. The van der Waals surface area contributed by atoms with Crippen LogP contribution in [0.4, 0.5) is 5.69 Å².